The van der Waals surface area contributed by atoms with E-state index in [1.807, 2.05) is 0 Å². The van der Waals surface area contributed by atoms with E-state index in [0.717, 1.165) is 32.5 Å². The van der Waals surface area contributed by atoms with Gasteiger partial charge in [-0.25, -0.2) is 0 Å². The Hall–Kier alpha value is -0.280. The van der Waals surface area contributed by atoms with E-state index in [2.05, 4.69) is 17.1 Å². The molecule has 2 fully saturated rings. The highest BCUT2D eigenvalue weighted by Gasteiger charge is 2.30. The number of hydrogen-bond acceptors (Lipinski definition) is 2. The largest absolute Gasteiger partial charge is 0.340 e. The van der Waals surface area contributed by atoms with Crippen molar-refractivity contribution in [1.82, 2.24) is 10.2 Å². The quantitative estimate of drug-likeness (QED) is 0.844. The highest BCUT2D eigenvalue weighted by molar-refractivity contribution is 5.85. The number of piperidine rings is 1. The molecule has 100 valence electrons. The van der Waals surface area contributed by atoms with Crippen molar-refractivity contribution < 1.29 is 4.79 Å². The van der Waals surface area contributed by atoms with Gasteiger partial charge in [-0.2, -0.15) is 0 Å². The van der Waals surface area contributed by atoms with Gasteiger partial charge in [0.1, 0.15) is 0 Å². The summed E-state index contributed by atoms with van der Waals surface area (Å²) in [5.41, 5.74) is 0. The number of nitrogens with zero attached hydrogens (tertiary/aromatic N) is 1. The molecular weight excluding hydrogens is 236 g/mol. The number of carbonyl (C=O) groups excluding carboxylic acids is 1. The van der Waals surface area contributed by atoms with Gasteiger partial charge in [-0.15, -0.1) is 12.4 Å². The first kappa shape index (κ1) is 14.8. The molecule has 0 bridgehead atoms. The molecule has 0 radical (unpaired) electrons. The second kappa shape index (κ2) is 7.22. The Morgan fingerprint density at radius 3 is 2.47 bits per heavy atom. The molecule has 3 nitrogen and oxygen atoms in total. The summed E-state index contributed by atoms with van der Waals surface area (Å²) >= 11 is 0. The van der Waals surface area contributed by atoms with E-state index in [0.29, 0.717) is 11.9 Å². The van der Waals surface area contributed by atoms with Gasteiger partial charge in [0.15, 0.2) is 0 Å². The van der Waals surface area contributed by atoms with Crippen LogP contribution in [0.4, 0.5) is 0 Å². The zero-order valence-corrected chi connectivity index (χ0v) is 11.6. The second-order valence-corrected chi connectivity index (χ2v) is 5.11. The highest BCUT2D eigenvalue weighted by Crippen LogP contribution is 2.25. The third kappa shape index (κ3) is 3.59. The summed E-state index contributed by atoms with van der Waals surface area (Å²) in [5, 5.41) is 3.34. The van der Waals surface area contributed by atoms with Gasteiger partial charge >= 0.3 is 0 Å². The smallest absolute Gasteiger partial charge is 0.227 e. The van der Waals surface area contributed by atoms with Gasteiger partial charge in [0.2, 0.25) is 5.91 Å². The van der Waals surface area contributed by atoms with Crippen LogP contribution in [0.5, 0.6) is 0 Å². The van der Waals surface area contributed by atoms with E-state index < -0.39 is 0 Å². The average Bonchev–Trinajstić information content (AvgIpc) is 2.85. The second-order valence-electron chi connectivity index (χ2n) is 5.11. The fraction of sp³-hybridized carbons (Fsp3) is 0.923. The minimum atomic E-state index is 0. The van der Waals surface area contributed by atoms with Gasteiger partial charge < -0.3 is 10.2 Å². The van der Waals surface area contributed by atoms with Crippen molar-refractivity contribution in [2.24, 2.45) is 5.92 Å². The minimum absolute atomic E-state index is 0. The van der Waals surface area contributed by atoms with Crippen LogP contribution in [0.15, 0.2) is 0 Å². The normalized spacial score (nSPS) is 25.4. The number of amides is 1. The maximum absolute atomic E-state index is 12.4. The summed E-state index contributed by atoms with van der Waals surface area (Å²) < 4.78 is 0. The number of hydrogen-bond donors (Lipinski definition) is 1. The maximum atomic E-state index is 12.4. The first-order valence-electron chi connectivity index (χ1n) is 6.84. The van der Waals surface area contributed by atoms with E-state index in [1.54, 1.807) is 0 Å². The first-order chi connectivity index (χ1) is 7.83. The zero-order chi connectivity index (χ0) is 11.4. The van der Waals surface area contributed by atoms with E-state index >= 15 is 0 Å². The summed E-state index contributed by atoms with van der Waals surface area (Å²) in [4.78, 5) is 14.5. The number of halogens is 1. The van der Waals surface area contributed by atoms with E-state index in [-0.39, 0.29) is 18.3 Å². The van der Waals surface area contributed by atoms with Crippen LogP contribution in [-0.2, 0) is 4.79 Å². The van der Waals surface area contributed by atoms with Crippen LogP contribution >= 0.6 is 12.4 Å². The Morgan fingerprint density at radius 1 is 1.24 bits per heavy atom. The fourth-order valence-electron chi connectivity index (χ4n) is 3.11. The third-order valence-corrected chi connectivity index (χ3v) is 4.04. The maximum Gasteiger partial charge on any atom is 0.227 e. The molecule has 1 atom stereocenters. The van der Waals surface area contributed by atoms with E-state index in [9.17, 15) is 4.79 Å². The van der Waals surface area contributed by atoms with Crippen molar-refractivity contribution in [1.29, 1.82) is 0 Å². The molecule has 2 aliphatic rings. The van der Waals surface area contributed by atoms with Gasteiger partial charge in [0, 0.05) is 19.1 Å². The van der Waals surface area contributed by atoms with E-state index in [4.69, 9.17) is 0 Å². The van der Waals surface area contributed by atoms with Crippen LogP contribution in [0.2, 0.25) is 0 Å². The van der Waals surface area contributed by atoms with Gasteiger partial charge in [-0.05, 0) is 39.2 Å². The van der Waals surface area contributed by atoms with Gasteiger partial charge in [-0.3, -0.25) is 4.79 Å². The van der Waals surface area contributed by atoms with Crippen LogP contribution in [0.1, 0.15) is 45.4 Å². The Balaban J connectivity index is 0.00000144. The van der Waals surface area contributed by atoms with Crippen LogP contribution in [0.25, 0.3) is 0 Å². The molecule has 1 amide bonds. The monoisotopic (exact) mass is 260 g/mol. The predicted molar refractivity (Wildman–Crippen MR) is 72.5 cm³/mol. The molecule has 0 aromatic rings. The summed E-state index contributed by atoms with van der Waals surface area (Å²) in [6.45, 7) is 4.98. The Labute approximate surface area is 111 Å². The molecule has 1 aliphatic carbocycles. The number of nitrogens with one attached hydrogen (secondary N) is 1. The molecule has 1 saturated carbocycles. The van der Waals surface area contributed by atoms with E-state index in [1.165, 1.54) is 25.7 Å². The predicted octanol–water partition coefficient (Wildman–Crippen LogP) is 2.20. The van der Waals surface area contributed by atoms with Gasteiger partial charge in [0.05, 0.1) is 5.92 Å². The lowest BCUT2D eigenvalue weighted by Crippen LogP contribution is -2.46. The molecule has 4 heteroatoms. The van der Waals surface area contributed by atoms with Crippen molar-refractivity contribution in [3.8, 4) is 0 Å². The van der Waals surface area contributed by atoms with Crippen LogP contribution in [0, 0.1) is 5.92 Å². The molecule has 0 aromatic heterocycles. The lowest BCUT2D eigenvalue weighted by Gasteiger charge is -2.33. The topological polar surface area (TPSA) is 32.3 Å². The molecule has 1 heterocycles. The summed E-state index contributed by atoms with van der Waals surface area (Å²) in [5.74, 6) is 0.649. The highest BCUT2D eigenvalue weighted by atomic mass is 35.5. The van der Waals surface area contributed by atoms with Crippen LogP contribution < -0.4 is 5.32 Å². The molecule has 2 rings (SSSR count). The van der Waals surface area contributed by atoms with Gasteiger partial charge in [-0.1, -0.05) is 12.8 Å². The molecule has 1 unspecified atom stereocenters. The standard InChI is InChI=1S/C13H24N2O.ClH/c1-2-15(12-7-3-4-8-12)13(16)11-6-5-9-14-10-11;/h11-12,14H,2-10H2,1H3;1H. The Bertz CT molecular complexity index is 236. The van der Waals surface area contributed by atoms with Crippen LogP contribution in [0.3, 0.4) is 0 Å². The molecule has 1 aliphatic heterocycles. The summed E-state index contributed by atoms with van der Waals surface area (Å²) in [7, 11) is 0. The van der Waals surface area contributed by atoms with Gasteiger partial charge in [0.25, 0.3) is 0 Å². The fourth-order valence-corrected chi connectivity index (χ4v) is 3.11. The molecule has 1 saturated heterocycles. The number of carbonyl (C=O) groups is 1. The number of rotatable bonds is 3. The van der Waals surface area contributed by atoms with Crippen LogP contribution in [-0.4, -0.2) is 36.5 Å². The van der Waals surface area contributed by atoms with Crippen molar-refractivity contribution in [2.45, 2.75) is 51.5 Å². The lowest BCUT2D eigenvalue weighted by atomic mass is 9.97. The minimum Gasteiger partial charge on any atom is -0.340 e. The first-order valence-corrected chi connectivity index (χ1v) is 6.84. The molecule has 0 aromatic carbocycles. The van der Waals surface area contributed by atoms with Crippen molar-refractivity contribution in [2.75, 3.05) is 19.6 Å². The average molecular weight is 261 g/mol. The molecule has 1 N–H and O–H groups in total. The van der Waals surface area contributed by atoms with Crippen molar-refractivity contribution in [3.05, 3.63) is 0 Å². The molecular formula is C13H25ClN2O. The lowest BCUT2D eigenvalue weighted by molar-refractivity contribution is -0.138. The van der Waals surface area contributed by atoms with Crippen molar-refractivity contribution >= 4 is 18.3 Å². The summed E-state index contributed by atoms with van der Waals surface area (Å²) in [6.07, 6.45) is 7.28. The third-order valence-electron chi connectivity index (χ3n) is 4.04. The summed E-state index contributed by atoms with van der Waals surface area (Å²) in [6, 6.07) is 0.541. The Morgan fingerprint density at radius 2 is 1.94 bits per heavy atom. The zero-order valence-electron chi connectivity index (χ0n) is 10.8. The Kier molecular flexibility index (Phi) is 6.28. The molecule has 17 heavy (non-hydrogen) atoms. The molecule has 0 spiro atoms. The van der Waals surface area contributed by atoms with Crippen molar-refractivity contribution in [3.63, 3.8) is 0 Å². The SMILES string of the molecule is CCN(C(=O)C1CCCNC1)C1CCCC1.Cl.